The van der Waals surface area contributed by atoms with E-state index in [9.17, 15) is 0 Å². The second-order valence-corrected chi connectivity index (χ2v) is 7.56. The van der Waals surface area contributed by atoms with Crippen molar-refractivity contribution in [2.75, 3.05) is 0 Å². The molecule has 0 atom stereocenters. The molecule has 0 amide bonds. The van der Waals surface area contributed by atoms with E-state index < -0.39 is 0 Å². The fraction of sp³-hybridized carbons (Fsp3) is 0.0357. The summed E-state index contributed by atoms with van der Waals surface area (Å²) in [7, 11) is 0. The van der Waals surface area contributed by atoms with Crippen LogP contribution in [0.1, 0.15) is 5.56 Å². The third-order valence-electron chi connectivity index (χ3n) is 5.78. The summed E-state index contributed by atoms with van der Waals surface area (Å²) in [5.74, 6) is 0.901. The molecule has 2 heteroatoms. The van der Waals surface area contributed by atoms with Crippen LogP contribution in [0.3, 0.4) is 0 Å². The summed E-state index contributed by atoms with van der Waals surface area (Å²) >= 11 is 0. The Morgan fingerprint density at radius 2 is 1.37 bits per heavy atom. The van der Waals surface area contributed by atoms with E-state index >= 15 is 0 Å². The molecule has 1 aromatic heterocycles. The predicted octanol–water partition coefficient (Wildman–Crippen LogP) is 7.13. The van der Waals surface area contributed by atoms with Gasteiger partial charge in [0.2, 0.25) is 0 Å². The molecule has 0 unspecified atom stereocenters. The molecule has 0 spiro atoms. The molecule has 1 aliphatic rings. The summed E-state index contributed by atoms with van der Waals surface area (Å²) in [5, 5.41) is 2.37. The smallest absolute Gasteiger partial charge is 0.129 e. The topological polar surface area (TPSA) is 22.1 Å². The van der Waals surface area contributed by atoms with Gasteiger partial charge in [0.15, 0.2) is 0 Å². The maximum atomic E-state index is 6.23. The zero-order valence-corrected chi connectivity index (χ0v) is 16.4. The van der Waals surface area contributed by atoms with Crippen LogP contribution in [-0.4, -0.2) is 4.98 Å². The lowest BCUT2D eigenvalue weighted by molar-refractivity contribution is 0.302. The molecule has 0 saturated heterocycles. The summed E-state index contributed by atoms with van der Waals surface area (Å²) < 4.78 is 6.23. The van der Waals surface area contributed by atoms with Crippen molar-refractivity contribution < 1.29 is 4.74 Å². The van der Waals surface area contributed by atoms with E-state index in [1.54, 1.807) is 0 Å². The first-order valence-corrected chi connectivity index (χ1v) is 10.2. The Bertz CT molecular complexity index is 1370. The van der Waals surface area contributed by atoms with Crippen LogP contribution < -0.4 is 4.74 Å². The van der Waals surface area contributed by atoms with Crippen molar-refractivity contribution in [2.24, 2.45) is 0 Å². The van der Waals surface area contributed by atoms with Gasteiger partial charge in [-0.2, -0.15) is 0 Å². The number of fused-ring (bicyclic) bond motifs is 5. The summed E-state index contributed by atoms with van der Waals surface area (Å²) in [6.07, 6.45) is 0. The Hall–Kier alpha value is -3.91. The maximum Gasteiger partial charge on any atom is 0.129 e. The van der Waals surface area contributed by atoms with Crippen LogP contribution in [0.15, 0.2) is 103 Å². The van der Waals surface area contributed by atoms with Gasteiger partial charge in [-0.25, -0.2) is 4.98 Å². The van der Waals surface area contributed by atoms with E-state index in [0.29, 0.717) is 6.61 Å². The van der Waals surface area contributed by atoms with Crippen LogP contribution >= 0.6 is 0 Å². The number of hydrogen-bond acceptors (Lipinski definition) is 2. The van der Waals surface area contributed by atoms with Crippen LogP contribution in [0.4, 0.5) is 0 Å². The lowest BCUT2D eigenvalue weighted by atomic mass is 9.90. The highest BCUT2D eigenvalue weighted by atomic mass is 16.5. The standard InChI is InChI=1S/C28H19NO/c1-3-9-19(10-4-1)23-17-25(21-12-5-2-6-13-21)29-28-24(23)18-30-26-16-15-20-11-7-8-14-22(20)27(26)28/h1-17H,18H2. The van der Waals surface area contributed by atoms with Crippen molar-refractivity contribution in [3.8, 4) is 39.4 Å². The monoisotopic (exact) mass is 385 g/mol. The Morgan fingerprint density at radius 1 is 0.667 bits per heavy atom. The van der Waals surface area contributed by atoms with E-state index in [-0.39, 0.29) is 0 Å². The number of ether oxygens (including phenoxy) is 1. The van der Waals surface area contributed by atoms with Crippen LogP contribution in [0, 0.1) is 0 Å². The summed E-state index contributed by atoms with van der Waals surface area (Å²) in [4.78, 5) is 5.18. The number of aromatic nitrogens is 1. The van der Waals surface area contributed by atoms with Gasteiger partial charge in [-0.1, -0.05) is 91.0 Å². The average molecular weight is 385 g/mol. The first-order valence-electron chi connectivity index (χ1n) is 10.2. The molecule has 1 aliphatic heterocycles. The molecular formula is C28H19NO. The number of pyridine rings is 1. The first kappa shape index (κ1) is 17.0. The van der Waals surface area contributed by atoms with E-state index in [2.05, 4.69) is 97.1 Å². The molecule has 0 aliphatic carbocycles. The molecule has 6 rings (SSSR count). The second kappa shape index (κ2) is 6.85. The lowest BCUT2D eigenvalue weighted by Gasteiger charge is -2.25. The molecule has 0 fully saturated rings. The predicted molar refractivity (Wildman–Crippen MR) is 122 cm³/mol. The summed E-state index contributed by atoms with van der Waals surface area (Å²) in [6, 6.07) is 35.8. The fourth-order valence-corrected chi connectivity index (χ4v) is 4.32. The average Bonchev–Trinajstić information content (AvgIpc) is 2.84. The first-order chi connectivity index (χ1) is 14.9. The Labute approximate surface area is 175 Å². The van der Waals surface area contributed by atoms with E-state index in [0.717, 1.165) is 33.8 Å². The van der Waals surface area contributed by atoms with Crippen LogP contribution in [0.2, 0.25) is 0 Å². The van der Waals surface area contributed by atoms with Crippen molar-refractivity contribution in [2.45, 2.75) is 6.61 Å². The number of hydrogen-bond donors (Lipinski definition) is 0. The molecule has 0 N–H and O–H groups in total. The van der Waals surface area contributed by atoms with Crippen molar-refractivity contribution in [1.82, 2.24) is 4.98 Å². The molecule has 0 bridgehead atoms. The highest BCUT2D eigenvalue weighted by Gasteiger charge is 2.25. The maximum absolute atomic E-state index is 6.23. The number of nitrogens with zero attached hydrogens (tertiary/aromatic N) is 1. The van der Waals surface area contributed by atoms with E-state index in [4.69, 9.17) is 9.72 Å². The molecule has 0 saturated carbocycles. The van der Waals surface area contributed by atoms with Gasteiger partial charge in [-0.3, -0.25) is 0 Å². The zero-order chi connectivity index (χ0) is 19.9. The second-order valence-electron chi connectivity index (χ2n) is 7.56. The van der Waals surface area contributed by atoms with Gasteiger partial charge in [0.1, 0.15) is 12.4 Å². The van der Waals surface area contributed by atoms with E-state index in [1.807, 2.05) is 6.07 Å². The molecule has 142 valence electrons. The number of benzene rings is 4. The van der Waals surface area contributed by atoms with Crippen LogP contribution in [0.25, 0.3) is 44.4 Å². The fourth-order valence-electron chi connectivity index (χ4n) is 4.32. The van der Waals surface area contributed by atoms with Crippen molar-refractivity contribution in [1.29, 1.82) is 0 Å². The SMILES string of the molecule is c1ccc(-c2cc(-c3ccccc3)c3c(n2)-c2c(ccc4ccccc24)OC3)cc1. The van der Waals surface area contributed by atoms with Crippen LogP contribution in [-0.2, 0) is 6.61 Å². The highest BCUT2D eigenvalue weighted by Crippen LogP contribution is 2.45. The van der Waals surface area contributed by atoms with Gasteiger partial charge in [0.05, 0.1) is 17.0 Å². The van der Waals surface area contributed by atoms with Gasteiger partial charge in [0.25, 0.3) is 0 Å². The zero-order valence-electron chi connectivity index (χ0n) is 16.4. The largest absolute Gasteiger partial charge is 0.488 e. The minimum absolute atomic E-state index is 0.521. The Morgan fingerprint density at radius 3 is 2.17 bits per heavy atom. The molecule has 30 heavy (non-hydrogen) atoms. The molecule has 4 aromatic carbocycles. The Kier molecular flexibility index (Phi) is 3.88. The molecule has 2 nitrogen and oxygen atoms in total. The van der Waals surface area contributed by atoms with Crippen molar-refractivity contribution in [3.05, 3.63) is 109 Å². The molecule has 0 radical (unpaired) electrons. The van der Waals surface area contributed by atoms with Gasteiger partial charge in [-0.15, -0.1) is 0 Å². The Balaban J connectivity index is 1.71. The normalized spacial score (nSPS) is 12.1. The lowest BCUT2D eigenvalue weighted by Crippen LogP contribution is -2.10. The molecule has 2 heterocycles. The summed E-state index contributed by atoms with van der Waals surface area (Å²) in [6.45, 7) is 0.521. The third-order valence-corrected chi connectivity index (χ3v) is 5.78. The van der Waals surface area contributed by atoms with Crippen molar-refractivity contribution in [3.63, 3.8) is 0 Å². The minimum atomic E-state index is 0.521. The van der Waals surface area contributed by atoms with Crippen LogP contribution in [0.5, 0.6) is 5.75 Å². The van der Waals surface area contributed by atoms with E-state index in [1.165, 1.54) is 21.9 Å². The molecule has 5 aromatic rings. The minimum Gasteiger partial charge on any atom is -0.488 e. The third kappa shape index (κ3) is 2.69. The van der Waals surface area contributed by atoms with Gasteiger partial charge in [-0.05, 0) is 34.0 Å². The quantitative estimate of drug-likeness (QED) is 0.322. The van der Waals surface area contributed by atoms with Crippen molar-refractivity contribution >= 4 is 10.8 Å². The number of rotatable bonds is 2. The van der Waals surface area contributed by atoms with Gasteiger partial charge < -0.3 is 4.74 Å². The van der Waals surface area contributed by atoms with Gasteiger partial charge >= 0.3 is 0 Å². The summed E-state index contributed by atoms with van der Waals surface area (Å²) in [5.41, 5.74) is 7.71. The highest BCUT2D eigenvalue weighted by molar-refractivity contribution is 6.01. The molecular weight excluding hydrogens is 366 g/mol. The van der Waals surface area contributed by atoms with Gasteiger partial charge in [0, 0.05) is 11.1 Å².